The van der Waals surface area contributed by atoms with E-state index in [1.54, 1.807) is 0 Å². The number of ether oxygens (including phenoxy) is 1. The Hall–Kier alpha value is -1.59. The van der Waals surface area contributed by atoms with Crippen molar-refractivity contribution in [3.8, 4) is 10.9 Å². The van der Waals surface area contributed by atoms with Crippen LogP contribution in [0.2, 0.25) is 0 Å². The van der Waals surface area contributed by atoms with Gasteiger partial charge < -0.3 is 10.5 Å². The van der Waals surface area contributed by atoms with Crippen molar-refractivity contribution in [3.63, 3.8) is 0 Å². The second-order valence-electron chi connectivity index (χ2n) is 4.22. The molecule has 0 aliphatic rings. The lowest BCUT2D eigenvalue weighted by molar-refractivity contribution is 0.476. The van der Waals surface area contributed by atoms with Crippen LogP contribution in [0.15, 0.2) is 40.9 Å². The Balaban J connectivity index is 1.96. The SMILES string of the molecule is Cc1cc(Br)ccc1Oc1nc2ccc(N)cc2s1. The van der Waals surface area contributed by atoms with Crippen LogP contribution in [-0.2, 0) is 0 Å². The van der Waals surface area contributed by atoms with Gasteiger partial charge in [0.15, 0.2) is 0 Å². The van der Waals surface area contributed by atoms with Crippen LogP contribution in [0.25, 0.3) is 10.2 Å². The van der Waals surface area contributed by atoms with Gasteiger partial charge in [-0.15, -0.1) is 0 Å². The van der Waals surface area contributed by atoms with Crippen molar-refractivity contribution in [2.45, 2.75) is 6.92 Å². The standard InChI is InChI=1S/C14H11BrN2OS/c1-8-6-9(15)2-5-12(8)18-14-17-11-4-3-10(16)7-13(11)19-14/h2-7H,16H2,1H3. The molecule has 3 aromatic rings. The van der Waals surface area contributed by atoms with Crippen molar-refractivity contribution >= 4 is 43.2 Å². The monoisotopic (exact) mass is 334 g/mol. The number of nitrogen functional groups attached to an aromatic ring is 1. The van der Waals surface area contributed by atoms with Gasteiger partial charge in [-0.05, 0) is 48.9 Å². The topological polar surface area (TPSA) is 48.1 Å². The van der Waals surface area contributed by atoms with Crippen LogP contribution in [0, 0.1) is 6.92 Å². The first-order valence-electron chi connectivity index (χ1n) is 5.72. The molecule has 1 heterocycles. The molecule has 96 valence electrons. The second-order valence-corrected chi connectivity index (χ2v) is 6.13. The number of nitrogens with two attached hydrogens (primary N) is 1. The highest BCUT2D eigenvalue weighted by atomic mass is 79.9. The molecular weight excluding hydrogens is 324 g/mol. The zero-order valence-electron chi connectivity index (χ0n) is 10.2. The summed E-state index contributed by atoms with van der Waals surface area (Å²) in [6, 6.07) is 11.6. The van der Waals surface area contributed by atoms with E-state index in [1.165, 1.54) is 11.3 Å². The number of benzene rings is 2. The maximum Gasteiger partial charge on any atom is 0.279 e. The molecule has 0 fully saturated rings. The minimum Gasteiger partial charge on any atom is -0.431 e. The van der Waals surface area contributed by atoms with Crippen LogP contribution in [0.5, 0.6) is 10.9 Å². The molecule has 3 nitrogen and oxygen atoms in total. The Bertz CT molecular complexity index is 754. The summed E-state index contributed by atoms with van der Waals surface area (Å²) < 4.78 is 7.90. The van der Waals surface area contributed by atoms with Crippen molar-refractivity contribution in [2.75, 3.05) is 5.73 Å². The quantitative estimate of drug-likeness (QED) is 0.688. The Labute approximate surface area is 123 Å². The van der Waals surface area contributed by atoms with E-state index in [4.69, 9.17) is 10.5 Å². The molecule has 0 amide bonds. The van der Waals surface area contributed by atoms with Crippen LogP contribution in [0.4, 0.5) is 5.69 Å². The summed E-state index contributed by atoms with van der Waals surface area (Å²) in [5.41, 5.74) is 8.47. The summed E-state index contributed by atoms with van der Waals surface area (Å²) in [5.74, 6) is 0.815. The van der Waals surface area contributed by atoms with Gasteiger partial charge >= 0.3 is 0 Å². The highest BCUT2D eigenvalue weighted by molar-refractivity contribution is 9.10. The van der Waals surface area contributed by atoms with Crippen molar-refractivity contribution in [1.29, 1.82) is 0 Å². The maximum absolute atomic E-state index is 5.83. The Morgan fingerprint density at radius 3 is 2.84 bits per heavy atom. The normalized spacial score (nSPS) is 10.8. The molecule has 0 aliphatic carbocycles. The predicted molar refractivity (Wildman–Crippen MR) is 83.0 cm³/mol. The predicted octanol–water partition coefficient (Wildman–Crippen LogP) is 4.74. The summed E-state index contributed by atoms with van der Waals surface area (Å²) in [6.45, 7) is 2.01. The Morgan fingerprint density at radius 2 is 2.05 bits per heavy atom. The Morgan fingerprint density at radius 1 is 1.21 bits per heavy atom. The van der Waals surface area contributed by atoms with Crippen molar-refractivity contribution in [1.82, 2.24) is 4.98 Å². The first kappa shape index (κ1) is 12.4. The summed E-state index contributed by atoms with van der Waals surface area (Å²) >= 11 is 4.93. The third kappa shape index (κ3) is 2.57. The average molecular weight is 335 g/mol. The lowest BCUT2D eigenvalue weighted by Crippen LogP contribution is -1.86. The van der Waals surface area contributed by atoms with E-state index in [2.05, 4.69) is 20.9 Å². The molecular formula is C14H11BrN2OS. The van der Waals surface area contributed by atoms with E-state index in [0.29, 0.717) is 5.19 Å². The van der Waals surface area contributed by atoms with Gasteiger partial charge in [0.05, 0.1) is 10.2 Å². The van der Waals surface area contributed by atoms with Crippen LogP contribution in [0.3, 0.4) is 0 Å². The number of rotatable bonds is 2. The number of hydrogen-bond acceptors (Lipinski definition) is 4. The lowest BCUT2D eigenvalue weighted by Gasteiger charge is -2.05. The molecule has 3 rings (SSSR count). The van der Waals surface area contributed by atoms with Crippen LogP contribution in [0.1, 0.15) is 5.56 Å². The molecule has 0 aliphatic heterocycles. The van der Waals surface area contributed by atoms with E-state index < -0.39 is 0 Å². The van der Waals surface area contributed by atoms with E-state index in [9.17, 15) is 0 Å². The number of nitrogens with zero attached hydrogens (tertiary/aromatic N) is 1. The smallest absolute Gasteiger partial charge is 0.279 e. The second kappa shape index (κ2) is 4.83. The highest BCUT2D eigenvalue weighted by Gasteiger charge is 2.08. The summed E-state index contributed by atoms with van der Waals surface area (Å²) in [7, 11) is 0. The molecule has 0 spiro atoms. The molecule has 19 heavy (non-hydrogen) atoms. The lowest BCUT2D eigenvalue weighted by atomic mass is 10.2. The average Bonchev–Trinajstić information content (AvgIpc) is 2.74. The van der Waals surface area contributed by atoms with Gasteiger partial charge in [0.2, 0.25) is 0 Å². The summed E-state index contributed by atoms with van der Waals surface area (Å²) in [4.78, 5) is 4.44. The van der Waals surface area contributed by atoms with Gasteiger partial charge in [0, 0.05) is 10.2 Å². The minimum absolute atomic E-state index is 0.631. The van der Waals surface area contributed by atoms with Gasteiger partial charge in [-0.2, -0.15) is 0 Å². The molecule has 2 N–H and O–H groups in total. The van der Waals surface area contributed by atoms with Crippen molar-refractivity contribution in [2.24, 2.45) is 0 Å². The van der Waals surface area contributed by atoms with Gasteiger partial charge in [-0.1, -0.05) is 27.3 Å². The number of halogens is 1. The zero-order chi connectivity index (χ0) is 13.4. The largest absolute Gasteiger partial charge is 0.431 e. The zero-order valence-corrected chi connectivity index (χ0v) is 12.6. The van der Waals surface area contributed by atoms with Gasteiger partial charge in [0.1, 0.15) is 5.75 Å². The number of aryl methyl sites for hydroxylation is 1. The Kier molecular flexibility index (Phi) is 3.16. The van der Waals surface area contributed by atoms with Crippen LogP contribution < -0.4 is 10.5 Å². The van der Waals surface area contributed by atoms with Gasteiger partial charge in [0.25, 0.3) is 5.19 Å². The molecule has 0 bridgehead atoms. The third-order valence-corrected chi connectivity index (χ3v) is 4.12. The highest BCUT2D eigenvalue weighted by Crippen LogP contribution is 2.34. The molecule has 0 saturated heterocycles. The summed E-state index contributed by atoms with van der Waals surface area (Å²) in [5, 5.41) is 0.631. The fourth-order valence-electron chi connectivity index (χ4n) is 1.79. The molecule has 1 aromatic heterocycles. The van der Waals surface area contributed by atoms with Crippen LogP contribution in [-0.4, -0.2) is 4.98 Å². The van der Waals surface area contributed by atoms with Gasteiger partial charge in [-0.25, -0.2) is 4.98 Å². The maximum atomic E-state index is 5.83. The molecule has 0 unspecified atom stereocenters. The number of hydrogen-bond donors (Lipinski definition) is 1. The van der Waals surface area contributed by atoms with E-state index in [-0.39, 0.29) is 0 Å². The molecule has 5 heteroatoms. The van der Waals surface area contributed by atoms with Crippen LogP contribution >= 0.6 is 27.3 Å². The fourth-order valence-corrected chi connectivity index (χ4v) is 3.14. The molecule has 0 radical (unpaired) electrons. The fraction of sp³-hybridized carbons (Fsp3) is 0.0714. The third-order valence-electron chi connectivity index (χ3n) is 2.73. The van der Waals surface area contributed by atoms with E-state index in [1.807, 2.05) is 43.3 Å². The number of thiazole rings is 1. The van der Waals surface area contributed by atoms with Crippen molar-refractivity contribution in [3.05, 3.63) is 46.4 Å². The molecule has 0 saturated carbocycles. The van der Waals surface area contributed by atoms with E-state index >= 15 is 0 Å². The van der Waals surface area contributed by atoms with Gasteiger partial charge in [-0.3, -0.25) is 0 Å². The minimum atomic E-state index is 0.631. The molecule has 2 aromatic carbocycles. The van der Waals surface area contributed by atoms with Crippen molar-refractivity contribution < 1.29 is 4.74 Å². The number of fused-ring (bicyclic) bond motifs is 1. The first-order valence-corrected chi connectivity index (χ1v) is 7.33. The molecule has 0 atom stereocenters. The number of anilines is 1. The first-order chi connectivity index (χ1) is 9.11. The van der Waals surface area contributed by atoms with E-state index in [0.717, 1.165) is 31.7 Å². The summed E-state index contributed by atoms with van der Waals surface area (Å²) in [6.07, 6.45) is 0. The number of aromatic nitrogens is 1.